The quantitative estimate of drug-likeness (QED) is 0.501. The summed E-state index contributed by atoms with van der Waals surface area (Å²) in [5.74, 6) is 12.0. The molecule has 108 valence electrons. The van der Waals surface area contributed by atoms with Crippen LogP contribution in [0, 0.1) is 29.6 Å². The highest BCUT2D eigenvalue weighted by molar-refractivity contribution is 5.87. The summed E-state index contributed by atoms with van der Waals surface area (Å²) in [7, 11) is 0. The monoisotopic (exact) mass is 279 g/mol. The molecular formula is C19H21NO. The second-order valence-electron chi connectivity index (χ2n) is 5.00. The molecule has 1 aromatic rings. The van der Waals surface area contributed by atoms with Crippen LogP contribution in [-0.2, 0) is 4.79 Å². The normalized spacial score (nSPS) is 9.67. The van der Waals surface area contributed by atoms with Gasteiger partial charge in [0, 0.05) is 18.5 Å². The highest BCUT2D eigenvalue weighted by atomic mass is 16.1. The van der Waals surface area contributed by atoms with E-state index in [-0.39, 0.29) is 5.91 Å². The van der Waals surface area contributed by atoms with E-state index in [4.69, 9.17) is 0 Å². The van der Waals surface area contributed by atoms with E-state index in [2.05, 4.69) is 42.8 Å². The van der Waals surface area contributed by atoms with Gasteiger partial charge in [-0.05, 0) is 42.4 Å². The van der Waals surface area contributed by atoms with Crippen molar-refractivity contribution in [3.05, 3.63) is 48.0 Å². The maximum atomic E-state index is 11.4. The smallest absolute Gasteiger partial charge is 0.243 e. The summed E-state index contributed by atoms with van der Waals surface area (Å²) < 4.78 is 0. The number of benzene rings is 1. The summed E-state index contributed by atoms with van der Waals surface area (Å²) in [6.45, 7) is 4.84. The van der Waals surface area contributed by atoms with Gasteiger partial charge in [-0.2, -0.15) is 0 Å². The van der Waals surface area contributed by atoms with Crippen LogP contribution in [-0.4, -0.2) is 12.5 Å². The first-order chi connectivity index (χ1) is 10.2. The molecule has 0 spiro atoms. The highest BCUT2D eigenvalue weighted by Gasteiger charge is 1.96. The average molecular weight is 279 g/mol. The zero-order valence-electron chi connectivity index (χ0n) is 12.6. The topological polar surface area (TPSA) is 29.1 Å². The summed E-state index contributed by atoms with van der Waals surface area (Å²) in [4.78, 5) is 11.4. The standard InChI is InChI=1S/C19H21NO/c1-17(2)16-20-19(21)15-11-6-4-3-5-8-12-18-13-9-7-10-14-18/h7,9-11,13-15,17H,4,6,16H2,1-2H3,(H,20,21). The fourth-order valence-electron chi connectivity index (χ4n) is 1.44. The number of unbranched alkanes of at least 4 members (excludes halogenated alkanes) is 1. The second kappa shape index (κ2) is 10.4. The summed E-state index contributed by atoms with van der Waals surface area (Å²) in [5.41, 5.74) is 0.966. The van der Waals surface area contributed by atoms with Crippen molar-refractivity contribution >= 4 is 5.91 Å². The SMILES string of the molecule is CC(C)CNC(=O)C=CCCC#CC#Cc1ccccc1. The van der Waals surface area contributed by atoms with Gasteiger partial charge >= 0.3 is 0 Å². The predicted molar refractivity (Wildman–Crippen MR) is 87.3 cm³/mol. The molecule has 0 saturated carbocycles. The predicted octanol–water partition coefficient (Wildman–Crippen LogP) is 3.15. The molecule has 1 N–H and O–H groups in total. The summed E-state index contributed by atoms with van der Waals surface area (Å²) in [6, 6.07) is 9.76. The number of amides is 1. The van der Waals surface area contributed by atoms with E-state index in [0.29, 0.717) is 18.9 Å². The highest BCUT2D eigenvalue weighted by Crippen LogP contribution is 1.94. The number of carbonyl (C=O) groups is 1. The van der Waals surface area contributed by atoms with Gasteiger partial charge in [-0.1, -0.05) is 50.0 Å². The van der Waals surface area contributed by atoms with Crippen LogP contribution in [0.15, 0.2) is 42.5 Å². The van der Waals surface area contributed by atoms with E-state index in [9.17, 15) is 4.79 Å². The van der Waals surface area contributed by atoms with Crippen LogP contribution >= 0.6 is 0 Å². The molecule has 0 fully saturated rings. The molecule has 2 heteroatoms. The van der Waals surface area contributed by atoms with Gasteiger partial charge in [0.2, 0.25) is 5.91 Å². The Hall–Kier alpha value is -2.45. The second-order valence-corrected chi connectivity index (χ2v) is 5.00. The Balaban J connectivity index is 2.22. The van der Waals surface area contributed by atoms with Gasteiger partial charge in [0.25, 0.3) is 0 Å². The van der Waals surface area contributed by atoms with Crippen molar-refractivity contribution in [2.75, 3.05) is 6.54 Å². The average Bonchev–Trinajstić information content (AvgIpc) is 2.49. The van der Waals surface area contributed by atoms with Crippen molar-refractivity contribution in [1.29, 1.82) is 0 Å². The minimum atomic E-state index is -0.0412. The first-order valence-corrected chi connectivity index (χ1v) is 7.17. The van der Waals surface area contributed by atoms with E-state index in [1.807, 2.05) is 36.4 Å². The molecule has 0 saturated heterocycles. The van der Waals surface area contributed by atoms with Gasteiger partial charge < -0.3 is 5.32 Å². The minimum absolute atomic E-state index is 0.0412. The van der Waals surface area contributed by atoms with E-state index in [1.54, 1.807) is 6.08 Å². The first kappa shape index (κ1) is 16.6. The van der Waals surface area contributed by atoms with Crippen LogP contribution in [0.1, 0.15) is 32.3 Å². The zero-order valence-corrected chi connectivity index (χ0v) is 12.6. The van der Waals surface area contributed by atoms with Crippen LogP contribution in [0.4, 0.5) is 0 Å². The maximum Gasteiger partial charge on any atom is 0.243 e. The molecule has 2 nitrogen and oxygen atoms in total. The van der Waals surface area contributed by atoms with Crippen molar-refractivity contribution in [2.24, 2.45) is 5.92 Å². The van der Waals surface area contributed by atoms with Gasteiger partial charge in [0.15, 0.2) is 0 Å². The first-order valence-electron chi connectivity index (χ1n) is 7.17. The molecule has 21 heavy (non-hydrogen) atoms. The number of carbonyl (C=O) groups excluding carboxylic acids is 1. The molecule has 1 amide bonds. The Morgan fingerprint density at radius 2 is 2.00 bits per heavy atom. The Morgan fingerprint density at radius 1 is 1.24 bits per heavy atom. The summed E-state index contributed by atoms with van der Waals surface area (Å²) >= 11 is 0. The Kier molecular flexibility index (Phi) is 8.18. The van der Waals surface area contributed by atoms with Crippen molar-refractivity contribution in [3.8, 4) is 23.7 Å². The molecule has 0 aliphatic heterocycles. The fourth-order valence-corrected chi connectivity index (χ4v) is 1.44. The number of rotatable bonds is 5. The number of hydrogen-bond acceptors (Lipinski definition) is 1. The van der Waals surface area contributed by atoms with Crippen LogP contribution in [0.5, 0.6) is 0 Å². The van der Waals surface area contributed by atoms with Crippen LogP contribution < -0.4 is 5.32 Å². The molecule has 1 aromatic carbocycles. The number of hydrogen-bond donors (Lipinski definition) is 1. The van der Waals surface area contributed by atoms with Gasteiger partial charge in [-0.15, -0.1) is 0 Å². The Labute approximate surface area is 127 Å². The molecule has 0 aromatic heterocycles. The van der Waals surface area contributed by atoms with Crippen molar-refractivity contribution in [3.63, 3.8) is 0 Å². The molecule has 0 atom stereocenters. The lowest BCUT2D eigenvalue weighted by Crippen LogP contribution is -2.25. The molecule has 0 aliphatic carbocycles. The number of nitrogens with one attached hydrogen (secondary N) is 1. The Bertz CT molecular complexity index is 577. The third-order valence-corrected chi connectivity index (χ3v) is 2.52. The van der Waals surface area contributed by atoms with Gasteiger partial charge in [-0.25, -0.2) is 0 Å². The lowest BCUT2D eigenvalue weighted by atomic mass is 10.2. The van der Waals surface area contributed by atoms with E-state index >= 15 is 0 Å². The van der Waals surface area contributed by atoms with Crippen LogP contribution in [0.2, 0.25) is 0 Å². The summed E-state index contributed by atoms with van der Waals surface area (Å²) in [6.07, 6.45) is 4.88. The van der Waals surface area contributed by atoms with Crippen molar-refractivity contribution in [2.45, 2.75) is 26.7 Å². The summed E-state index contributed by atoms with van der Waals surface area (Å²) in [5, 5.41) is 2.83. The molecule has 1 rings (SSSR count). The van der Waals surface area contributed by atoms with Crippen LogP contribution in [0.3, 0.4) is 0 Å². The van der Waals surface area contributed by atoms with Crippen molar-refractivity contribution in [1.82, 2.24) is 5.32 Å². The zero-order chi connectivity index (χ0) is 15.3. The third-order valence-electron chi connectivity index (χ3n) is 2.52. The van der Waals surface area contributed by atoms with Gasteiger partial charge in [0.05, 0.1) is 0 Å². The largest absolute Gasteiger partial charge is 0.352 e. The fraction of sp³-hybridized carbons (Fsp3) is 0.316. The van der Waals surface area contributed by atoms with E-state index in [0.717, 1.165) is 12.0 Å². The maximum absolute atomic E-state index is 11.4. The van der Waals surface area contributed by atoms with E-state index < -0.39 is 0 Å². The number of allylic oxidation sites excluding steroid dienone is 1. The lowest BCUT2D eigenvalue weighted by Gasteiger charge is -2.03. The van der Waals surface area contributed by atoms with E-state index in [1.165, 1.54) is 0 Å². The molecule has 0 radical (unpaired) electrons. The molecule has 0 heterocycles. The third kappa shape index (κ3) is 9.14. The van der Waals surface area contributed by atoms with Gasteiger partial charge in [-0.3, -0.25) is 4.79 Å². The minimum Gasteiger partial charge on any atom is -0.352 e. The molecule has 0 bridgehead atoms. The molecule has 0 aliphatic rings. The van der Waals surface area contributed by atoms with Gasteiger partial charge in [0.1, 0.15) is 0 Å². The lowest BCUT2D eigenvalue weighted by molar-refractivity contribution is -0.116. The molecular weight excluding hydrogens is 258 g/mol. The Morgan fingerprint density at radius 3 is 2.71 bits per heavy atom. The van der Waals surface area contributed by atoms with Crippen LogP contribution in [0.25, 0.3) is 0 Å². The molecule has 0 unspecified atom stereocenters. The van der Waals surface area contributed by atoms with Crippen molar-refractivity contribution < 1.29 is 4.79 Å².